The van der Waals surface area contributed by atoms with Crippen molar-refractivity contribution in [3.8, 4) is 0 Å². The minimum absolute atomic E-state index is 0.227. The van der Waals surface area contributed by atoms with Crippen LogP contribution >= 0.6 is 0 Å². The van der Waals surface area contributed by atoms with Gasteiger partial charge in [0, 0.05) is 23.2 Å². The quantitative estimate of drug-likeness (QED) is 0.714. The lowest BCUT2D eigenvalue weighted by Gasteiger charge is -2.65. The standard InChI is InChI=1S/C14H30N2/c1-9-13(5)11-15(7)12(3,4)14(6,10-2)16(13)8/h9-11H2,1-8H3. The molecule has 0 saturated carbocycles. The molecule has 0 aromatic carbocycles. The second-order valence-electron chi connectivity index (χ2n) is 6.45. The van der Waals surface area contributed by atoms with Gasteiger partial charge < -0.3 is 0 Å². The van der Waals surface area contributed by atoms with E-state index in [-0.39, 0.29) is 11.1 Å². The summed E-state index contributed by atoms with van der Waals surface area (Å²) in [6, 6.07) is 0. The van der Waals surface area contributed by atoms with Crippen LogP contribution in [0.3, 0.4) is 0 Å². The van der Waals surface area contributed by atoms with E-state index in [1.807, 2.05) is 0 Å². The normalized spacial score (nSPS) is 41.2. The Balaban J connectivity index is 3.20. The van der Waals surface area contributed by atoms with Gasteiger partial charge >= 0.3 is 0 Å². The van der Waals surface area contributed by atoms with Crippen LogP contribution in [0, 0.1) is 0 Å². The molecule has 2 atom stereocenters. The molecule has 0 N–H and O–H groups in total. The molecule has 0 radical (unpaired) electrons. The van der Waals surface area contributed by atoms with Crippen LogP contribution in [-0.2, 0) is 0 Å². The molecule has 0 aromatic heterocycles. The maximum Gasteiger partial charge on any atom is 0.0359 e. The van der Waals surface area contributed by atoms with Crippen molar-refractivity contribution in [2.24, 2.45) is 0 Å². The van der Waals surface area contributed by atoms with Crippen LogP contribution in [0.25, 0.3) is 0 Å². The van der Waals surface area contributed by atoms with Crippen molar-refractivity contribution in [3.05, 3.63) is 0 Å². The number of hydrogen-bond donors (Lipinski definition) is 0. The average molecular weight is 226 g/mol. The van der Waals surface area contributed by atoms with Gasteiger partial charge in [-0.3, -0.25) is 9.80 Å². The summed E-state index contributed by atoms with van der Waals surface area (Å²) in [7, 11) is 4.58. The maximum atomic E-state index is 2.62. The van der Waals surface area contributed by atoms with E-state index in [1.54, 1.807) is 0 Å². The van der Waals surface area contributed by atoms with Crippen molar-refractivity contribution < 1.29 is 0 Å². The summed E-state index contributed by atoms with van der Waals surface area (Å²) in [6.07, 6.45) is 2.40. The highest BCUT2D eigenvalue weighted by Gasteiger charge is 2.54. The van der Waals surface area contributed by atoms with Crippen molar-refractivity contribution in [2.75, 3.05) is 20.6 Å². The van der Waals surface area contributed by atoms with Gasteiger partial charge in [-0.25, -0.2) is 0 Å². The third-order valence-corrected chi connectivity index (χ3v) is 5.85. The molecule has 1 saturated heterocycles. The van der Waals surface area contributed by atoms with Crippen molar-refractivity contribution >= 4 is 0 Å². The third-order valence-electron chi connectivity index (χ3n) is 5.85. The summed E-state index contributed by atoms with van der Waals surface area (Å²) in [6.45, 7) is 15.3. The lowest BCUT2D eigenvalue weighted by Crippen LogP contribution is -2.76. The van der Waals surface area contributed by atoms with Gasteiger partial charge in [-0.1, -0.05) is 13.8 Å². The van der Waals surface area contributed by atoms with Crippen LogP contribution in [0.5, 0.6) is 0 Å². The van der Waals surface area contributed by atoms with Gasteiger partial charge in [0.2, 0.25) is 0 Å². The zero-order chi connectivity index (χ0) is 12.8. The average Bonchev–Trinajstić information content (AvgIpc) is 2.24. The monoisotopic (exact) mass is 226 g/mol. The maximum absolute atomic E-state index is 2.62. The Morgan fingerprint density at radius 3 is 1.81 bits per heavy atom. The van der Waals surface area contributed by atoms with E-state index in [2.05, 4.69) is 65.4 Å². The molecule has 96 valence electrons. The van der Waals surface area contributed by atoms with Crippen LogP contribution in [0.4, 0.5) is 0 Å². The molecular formula is C14H30N2. The second-order valence-corrected chi connectivity index (χ2v) is 6.45. The van der Waals surface area contributed by atoms with E-state index in [1.165, 1.54) is 12.8 Å². The Bertz CT molecular complexity index is 261. The zero-order valence-electron chi connectivity index (χ0n) is 12.5. The first-order chi connectivity index (χ1) is 7.15. The first kappa shape index (κ1) is 14.0. The fourth-order valence-electron chi connectivity index (χ4n) is 3.25. The highest BCUT2D eigenvalue weighted by atomic mass is 15.4. The number of hydrogen-bond acceptors (Lipinski definition) is 2. The molecule has 16 heavy (non-hydrogen) atoms. The minimum Gasteiger partial charge on any atom is -0.298 e. The molecule has 0 aromatic rings. The first-order valence-corrected chi connectivity index (χ1v) is 6.61. The molecule has 0 amide bonds. The number of rotatable bonds is 2. The van der Waals surface area contributed by atoms with E-state index in [4.69, 9.17) is 0 Å². The van der Waals surface area contributed by atoms with E-state index in [0.29, 0.717) is 5.54 Å². The van der Waals surface area contributed by atoms with Crippen LogP contribution < -0.4 is 0 Å². The summed E-state index contributed by atoms with van der Waals surface area (Å²) in [5.74, 6) is 0. The zero-order valence-corrected chi connectivity index (χ0v) is 12.5. The summed E-state index contributed by atoms with van der Waals surface area (Å²) in [5.41, 5.74) is 0.769. The molecule has 2 nitrogen and oxygen atoms in total. The molecule has 0 bridgehead atoms. The van der Waals surface area contributed by atoms with Crippen LogP contribution in [0.2, 0.25) is 0 Å². The predicted octanol–water partition coefficient (Wildman–Crippen LogP) is 2.98. The molecule has 1 rings (SSSR count). The lowest BCUT2D eigenvalue weighted by molar-refractivity contribution is -0.140. The van der Waals surface area contributed by atoms with E-state index in [0.717, 1.165) is 6.54 Å². The lowest BCUT2D eigenvalue weighted by atomic mass is 9.70. The van der Waals surface area contributed by atoms with Gasteiger partial charge in [-0.05, 0) is 54.6 Å². The molecule has 1 aliphatic rings. The molecule has 0 aliphatic carbocycles. The topological polar surface area (TPSA) is 6.48 Å². The molecule has 0 spiro atoms. The first-order valence-electron chi connectivity index (χ1n) is 6.61. The van der Waals surface area contributed by atoms with E-state index >= 15 is 0 Å². The van der Waals surface area contributed by atoms with E-state index < -0.39 is 0 Å². The fourth-order valence-corrected chi connectivity index (χ4v) is 3.25. The van der Waals surface area contributed by atoms with Gasteiger partial charge in [-0.2, -0.15) is 0 Å². The number of piperazine rings is 1. The summed E-state index contributed by atoms with van der Waals surface area (Å²) in [4.78, 5) is 5.17. The Kier molecular flexibility index (Phi) is 3.49. The smallest absolute Gasteiger partial charge is 0.0359 e. The molecule has 2 heteroatoms. The highest BCUT2D eigenvalue weighted by Crippen LogP contribution is 2.44. The van der Waals surface area contributed by atoms with Crippen LogP contribution in [0.15, 0.2) is 0 Å². The van der Waals surface area contributed by atoms with Gasteiger partial charge in [0.25, 0.3) is 0 Å². The van der Waals surface area contributed by atoms with E-state index in [9.17, 15) is 0 Å². The molecule has 1 fully saturated rings. The third kappa shape index (κ3) is 1.62. The van der Waals surface area contributed by atoms with Gasteiger partial charge in [0.1, 0.15) is 0 Å². The number of likely N-dealkylation sites (N-methyl/N-ethyl adjacent to an activating group) is 2. The van der Waals surface area contributed by atoms with Crippen molar-refractivity contribution in [2.45, 2.75) is 71.0 Å². The molecular weight excluding hydrogens is 196 g/mol. The summed E-state index contributed by atoms with van der Waals surface area (Å²) < 4.78 is 0. The Hall–Kier alpha value is -0.0800. The summed E-state index contributed by atoms with van der Waals surface area (Å²) >= 11 is 0. The van der Waals surface area contributed by atoms with Crippen molar-refractivity contribution in [1.82, 2.24) is 9.80 Å². The molecule has 1 heterocycles. The fraction of sp³-hybridized carbons (Fsp3) is 1.00. The Labute approximate surface area is 102 Å². The highest BCUT2D eigenvalue weighted by molar-refractivity contribution is 5.12. The Morgan fingerprint density at radius 1 is 0.938 bits per heavy atom. The van der Waals surface area contributed by atoms with Crippen molar-refractivity contribution in [1.29, 1.82) is 0 Å². The van der Waals surface area contributed by atoms with Crippen molar-refractivity contribution in [3.63, 3.8) is 0 Å². The largest absolute Gasteiger partial charge is 0.298 e. The molecule has 2 unspecified atom stereocenters. The number of nitrogens with zero attached hydrogens (tertiary/aromatic N) is 2. The minimum atomic E-state index is 0.227. The molecule has 1 aliphatic heterocycles. The summed E-state index contributed by atoms with van der Waals surface area (Å²) in [5, 5.41) is 0. The van der Waals surface area contributed by atoms with Gasteiger partial charge in [-0.15, -0.1) is 0 Å². The second kappa shape index (κ2) is 3.99. The predicted molar refractivity (Wildman–Crippen MR) is 71.9 cm³/mol. The van der Waals surface area contributed by atoms with Gasteiger partial charge in [0.05, 0.1) is 0 Å². The Morgan fingerprint density at radius 2 is 1.44 bits per heavy atom. The van der Waals surface area contributed by atoms with Gasteiger partial charge in [0.15, 0.2) is 0 Å². The SMILES string of the molecule is CCC1(C)CN(C)C(C)(C)C(C)(CC)N1C. The van der Waals surface area contributed by atoms with Crippen LogP contribution in [0.1, 0.15) is 54.4 Å². The van der Waals surface area contributed by atoms with Crippen LogP contribution in [-0.4, -0.2) is 47.1 Å².